The van der Waals surface area contributed by atoms with Crippen LogP contribution in [0.25, 0.3) is 0 Å². The number of hydrogen-bond donors (Lipinski definition) is 0. The van der Waals surface area contributed by atoms with Gasteiger partial charge in [0.05, 0.1) is 6.33 Å². The zero-order valence-electron chi connectivity index (χ0n) is 9.85. The molecule has 1 aromatic heterocycles. The summed E-state index contributed by atoms with van der Waals surface area (Å²) < 4.78 is 1.53. The Balaban J connectivity index is 1.92. The molecule has 2 heterocycles. The molecule has 0 spiro atoms. The van der Waals surface area contributed by atoms with Gasteiger partial charge in [-0.3, -0.25) is 9.36 Å². The second-order valence-electron chi connectivity index (χ2n) is 4.35. The van der Waals surface area contributed by atoms with Gasteiger partial charge < -0.3 is 0 Å². The van der Waals surface area contributed by atoms with Crippen LogP contribution in [0.2, 0.25) is 10.2 Å². The molecule has 1 unspecified atom stereocenters. The molecule has 0 aliphatic carbocycles. The quantitative estimate of drug-likeness (QED) is 0.797. The summed E-state index contributed by atoms with van der Waals surface area (Å²) in [5.74, 6) is 1.27. The van der Waals surface area contributed by atoms with Gasteiger partial charge in [-0.15, -0.1) is 11.8 Å². The lowest BCUT2D eigenvalue weighted by Crippen LogP contribution is -2.24. The maximum atomic E-state index is 12.0. The van der Waals surface area contributed by atoms with Gasteiger partial charge in [-0.25, -0.2) is 4.98 Å². The third-order valence-electron chi connectivity index (χ3n) is 3.16. The summed E-state index contributed by atoms with van der Waals surface area (Å²) in [5.41, 5.74) is 1.00. The Morgan fingerprint density at radius 3 is 3.00 bits per heavy atom. The zero-order chi connectivity index (χ0) is 13.4. The predicted molar refractivity (Wildman–Crippen MR) is 78.4 cm³/mol. The van der Waals surface area contributed by atoms with E-state index >= 15 is 0 Å². The first kappa shape index (κ1) is 13.0. The SMILES string of the molecule is O=c1c(Cl)c(Cl)ncn1CC1CSc2ccccc21. The van der Waals surface area contributed by atoms with Crippen molar-refractivity contribution in [2.45, 2.75) is 17.4 Å². The lowest BCUT2D eigenvalue weighted by Gasteiger charge is -2.12. The maximum Gasteiger partial charge on any atom is 0.273 e. The fourth-order valence-electron chi connectivity index (χ4n) is 2.19. The molecule has 0 saturated heterocycles. The average Bonchev–Trinajstić information content (AvgIpc) is 2.83. The molecule has 0 fully saturated rings. The van der Waals surface area contributed by atoms with Crippen LogP contribution in [0.5, 0.6) is 0 Å². The standard InChI is InChI=1S/C13H10Cl2N2OS/c14-11-12(15)16-7-17(13(11)18)5-8-6-19-10-4-2-1-3-9(8)10/h1-4,7-8H,5-6H2. The van der Waals surface area contributed by atoms with Gasteiger partial charge in [0, 0.05) is 23.1 Å². The van der Waals surface area contributed by atoms with Crippen LogP contribution >= 0.6 is 35.0 Å². The van der Waals surface area contributed by atoms with Crippen molar-refractivity contribution in [3.8, 4) is 0 Å². The van der Waals surface area contributed by atoms with Crippen molar-refractivity contribution in [1.29, 1.82) is 0 Å². The number of hydrogen-bond acceptors (Lipinski definition) is 3. The van der Waals surface area contributed by atoms with Gasteiger partial charge in [-0.2, -0.15) is 0 Å². The molecule has 3 rings (SSSR count). The van der Waals surface area contributed by atoms with Crippen molar-refractivity contribution in [3.05, 3.63) is 56.7 Å². The van der Waals surface area contributed by atoms with E-state index in [0.29, 0.717) is 12.5 Å². The van der Waals surface area contributed by atoms with Gasteiger partial charge in [0.1, 0.15) is 5.02 Å². The van der Waals surface area contributed by atoms with E-state index in [0.717, 1.165) is 5.75 Å². The molecule has 0 amide bonds. The summed E-state index contributed by atoms with van der Waals surface area (Å²) in [6.45, 7) is 0.576. The molecule has 1 aromatic carbocycles. The van der Waals surface area contributed by atoms with Gasteiger partial charge in [-0.1, -0.05) is 41.4 Å². The van der Waals surface area contributed by atoms with Crippen LogP contribution in [-0.4, -0.2) is 15.3 Å². The number of halogens is 2. The van der Waals surface area contributed by atoms with Crippen LogP contribution < -0.4 is 5.56 Å². The number of nitrogens with zero attached hydrogens (tertiary/aromatic N) is 2. The van der Waals surface area contributed by atoms with Crippen molar-refractivity contribution >= 4 is 35.0 Å². The lowest BCUT2D eigenvalue weighted by molar-refractivity contribution is 0.579. The van der Waals surface area contributed by atoms with E-state index in [4.69, 9.17) is 23.2 Å². The smallest absolute Gasteiger partial charge is 0.273 e. The number of thioether (sulfide) groups is 1. The van der Waals surface area contributed by atoms with Gasteiger partial charge >= 0.3 is 0 Å². The molecule has 1 aliphatic heterocycles. The molecule has 0 bridgehead atoms. The van der Waals surface area contributed by atoms with Crippen LogP contribution in [0.4, 0.5) is 0 Å². The predicted octanol–water partition coefficient (Wildman–Crippen LogP) is 3.44. The van der Waals surface area contributed by atoms with Crippen LogP contribution in [0.15, 0.2) is 40.3 Å². The van der Waals surface area contributed by atoms with Crippen molar-refractivity contribution in [3.63, 3.8) is 0 Å². The van der Waals surface area contributed by atoms with Crippen LogP contribution in [-0.2, 0) is 6.54 Å². The molecule has 98 valence electrons. The van der Waals surface area contributed by atoms with E-state index in [9.17, 15) is 4.79 Å². The molecule has 0 radical (unpaired) electrons. The molecule has 0 saturated carbocycles. The van der Waals surface area contributed by atoms with Crippen molar-refractivity contribution < 1.29 is 0 Å². The van der Waals surface area contributed by atoms with E-state index in [1.165, 1.54) is 21.4 Å². The van der Waals surface area contributed by atoms with Crippen LogP contribution in [0.1, 0.15) is 11.5 Å². The first-order chi connectivity index (χ1) is 9.16. The van der Waals surface area contributed by atoms with Crippen molar-refractivity contribution in [1.82, 2.24) is 9.55 Å². The Kier molecular flexibility index (Phi) is 3.56. The molecular formula is C13H10Cl2N2OS. The minimum absolute atomic E-state index is 0.0110. The molecule has 0 N–H and O–H groups in total. The van der Waals surface area contributed by atoms with E-state index in [2.05, 4.69) is 17.1 Å². The Morgan fingerprint density at radius 1 is 1.37 bits per heavy atom. The Morgan fingerprint density at radius 2 is 2.16 bits per heavy atom. The largest absolute Gasteiger partial charge is 0.297 e. The highest BCUT2D eigenvalue weighted by Gasteiger charge is 2.23. The highest BCUT2D eigenvalue weighted by molar-refractivity contribution is 7.99. The second kappa shape index (κ2) is 5.19. The molecule has 1 aliphatic rings. The number of benzene rings is 1. The van der Waals surface area contributed by atoms with E-state index in [1.54, 1.807) is 0 Å². The Labute approximate surface area is 124 Å². The van der Waals surface area contributed by atoms with Crippen LogP contribution in [0.3, 0.4) is 0 Å². The maximum absolute atomic E-state index is 12.0. The molecule has 1 atom stereocenters. The highest BCUT2D eigenvalue weighted by Crippen LogP contribution is 2.39. The monoisotopic (exact) mass is 312 g/mol. The third kappa shape index (κ3) is 2.40. The summed E-state index contributed by atoms with van der Waals surface area (Å²) in [7, 11) is 0. The number of rotatable bonds is 2. The minimum atomic E-state index is -0.281. The first-order valence-corrected chi connectivity index (χ1v) is 7.53. The van der Waals surface area contributed by atoms with Crippen molar-refractivity contribution in [2.75, 3.05) is 5.75 Å². The normalized spacial score (nSPS) is 17.5. The van der Waals surface area contributed by atoms with E-state index in [-0.39, 0.29) is 15.7 Å². The second-order valence-corrected chi connectivity index (χ2v) is 6.15. The molecule has 3 nitrogen and oxygen atoms in total. The Bertz CT molecular complexity index is 687. The van der Waals surface area contributed by atoms with Crippen molar-refractivity contribution in [2.24, 2.45) is 0 Å². The van der Waals surface area contributed by atoms with Gasteiger partial charge in [0.15, 0.2) is 5.15 Å². The summed E-state index contributed by atoms with van der Waals surface area (Å²) in [6, 6.07) is 8.26. The fraction of sp³-hybridized carbons (Fsp3) is 0.231. The van der Waals surface area contributed by atoms with Gasteiger partial charge in [0.2, 0.25) is 0 Å². The van der Waals surface area contributed by atoms with E-state index < -0.39 is 0 Å². The number of fused-ring (bicyclic) bond motifs is 1. The number of aromatic nitrogens is 2. The van der Waals surface area contributed by atoms with Gasteiger partial charge in [-0.05, 0) is 11.6 Å². The Hall–Kier alpha value is -0.970. The highest BCUT2D eigenvalue weighted by atomic mass is 35.5. The molecule has 19 heavy (non-hydrogen) atoms. The third-order valence-corrected chi connectivity index (χ3v) is 5.13. The summed E-state index contributed by atoms with van der Waals surface area (Å²) in [5, 5.41) is 0.0483. The van der Waals surface area contributed by atoms with Crippen LogP contribution in [0, 0.1) is 0 Å². The average molecular weight is 313 g/mol. The topological polar surface area (TPSA) is 34.9 Å². The first-order valence-electron chi connectivity index (χ1n) is 5.79. The fourth-order valence-corrected chi connectivity index (χ4v) is 3.72. The summed E-state index contributed by atoms with van der Waals surface area (Å²) >= 11 is 13.4. The summed E-state index contributed by atoms with van der Waals surface area (Å²) in [6.07, 6.45) is 1.46. The summed E-state index contributed by atoms with van der Waals surface area (Å²) in [4.78, 5) is 17.2. The zero-order valence-corrected chi connectivity index (χ0v) is 12.2. The minimum Gasteiger partial charge on any atom is -0.297 e. The van der Waals surface area contributed by atoms with E-state index in [1.807, 2.05) is 23.9 Å². The molecular weight excluding hydrogens is 303 g/mol. The molecule has 6 heteroatoms. The lowest BCUT2D eigenvalue weighted by atomic mass is 10.0. The molecule has 2 aromatic rings. The van der Waals surface area contributed by atoms with Gasteiger partial charge in [0.25, 0.3) is 5.56 Å².